The molecule has 0 saturated carbocycles. The van der Waals surface area contributed by atoms with Gasteiger partial charge in [0.15, 0.2) is 0 Å². The fourth-order valence-electron chi connectivity index (χ4n) is 3.27. The lowest BCUT2D eigenvalue weighted by Crippen LogP contribution is -2.35. The summed E-state index contributed by atoms with van der Waals surface area (Å²) in [5.74, 6) is -0.491. The molecule has 1 N–H and O–H groups in total. The Bertz CT molecular complexity index is 1240. The molecule has 0 unspecified atom stereocenters. The van der Waals surface area contributed by atoms with Crippen molar-refractivity contribution in [1.29, 1.82) is 0 Å². The summed E-state index contributed by atoms with van der Waals surface area (Å²) in [6.07, 6.45) is 1.65. The Kier molecular flexibility index (Phi) is 8.35. The van der Waals surface area contributed by atoms with Crippen LogP contribution in [-0.4, -0.2) is 40.9 Å². The van der Waals surface area contributed by atoms with E-state index in [9.17, 15) is 4.79 Å². The summed E-state index contributed by atoms with van der Waals surface area (Å²) in [5.41, 5.74) is 2.52. The van der Waals surface area contributed by atoms with Crippen molar-refractivity contribution in [2.75, 3.05) is 20.2 Å². The Morgan fingerprint density at radius 2 is 2.06 bits per heavy atom. The van der Waals surface area contributed by atoms with Gasteiger partial charge in [-0.3, -0.25) is 9.40 Å². The molecule has 6 nitrogen and oxygen atoms in total. The molecule has 4 rings (SSSR count). The molecule has 1 aliphatic heterocycles. The number of amides is 2. The maximum atomic E-state index is 15.4. The van der Waals surface area contributed by atoms with Gasteiger partial charge in [-0.1, -0.05) is 52.5 Å². The molecular weight excluding hydrogens is 565 g/mol. The van der Waals surface area contributed by atoms with Crippen LogP contribution in [0.4, 0.5) is 9.18 Å². The summed E-state index contributed by atoms with van der Waals surface area (Å²) < 4.78 is 26.4. The molecule has 0 atom stereocenters. The van der Waals surface area contributed by atoms with Gasteiger partial charge in [0, 0.05) is 28.2 Å². The number of aromatic nitrogens is 2. The SMILES string of the molecule is CN(C/C(F)=C1\COCc2cnn(Cc3ccc(Cl)cc3Cl)c21)C(=O)NSc1cc(Cl)c(Cl)s1. The molecule has 1 aromatic carbocycles. The predicted octanol–water partition coefficient (Wildman–Crippen LogP) is 7.17. The maximum Gasteiger partial charge on any atom is 0.327 e. The molecule has 34 heavy (non-hydrogen) atoms. The Morgan fingerprint density at radius 3 is 2.76 bits per heavy atom. The van der Waals surface area contributed by atoms with Gasteiger partial charge in [-0.15, -0.1) is 11.3 Å². The molecule has 3 aromatic rings. The number of hydrogen-bond donors (Lipinski definition) is 1. The van der Waals surface area contributed by atoms with Crippen molar-refractivity contribution >= 4 is 81.3 Å². The first-order valence-corrected chi connectivity index (χ1v) is 12.9. The minimum absolute atomic E-state index is 0.0648. The zero-order valence-electron chi connectivity index (χ0n) is 17.6. The van der Waals surface area contributed by atoms with E-state index in [-0.39, 0.29) is 13.2 Å². The lowest BCUT2D eigenvalue weighted by atomic mass is 10.1. The number of carbonyl (C=O) groups excluding carboxylic acids is 1. The molecule has 180 valence electrons. The second-order valence-electron chi connectivity index (χ2n) is 7.34. The normalized spacial score (nSPS) is 14.6. The fourth-order valence-corrected chi connectivity index (χ4v) is 6.11. The minimum Gasteiger partial charge on any atom is -0.372 e. The van der Waals surface area contributed by atoms with Gasteiger partial charge in [-0.25, -0.2) is 9.18 Å². The van der Waals surface area contributed by atoms with Gasteiger partial charge in [0.05, 0.1) is 47.4 Å². The molecular formula is C21H17Cl4FN4O2S2. The number of urea groups is 1. The molecule has 13 heteroatoms. The quantitative estimate of drug-likeness (QED) is 0.314. The largest absolute Gasteiger partial charge is 0.372 e. The number of likely N-dealkylation sites (N-methyl/N-ethyl adjacent to an activating group) is 1. The molecule has 0 fully saturated rings. The number of carbonyl (C=O) groups is 1. The second kappa shape index (κ2) is 11.1. The highest BCUT2D eigenvalue weighted by Crippen LogP contribution is 2.36. The van der Waals surface area contributed by atoms with Gasteiger partial charge in [-0.2, -0.15) is 5.10 Å². The number of ether oxygens (including phenoxy) is 1. The van der Waals surface area contributed by atoms with Gasteiger partial charge in [-0.05, 0) is 35.7 Å². The van der Waals surface area contributed by atoms with Crippen LogP contribution < -0.4 is 4.72 Å². The molecule has 0 radical (unpaired) electrons. The minimum atomic E-state index is -0.491. The van der Waals surface area contributed by atoms with Gasteiger partial charge >= 0.3 is 6.03 Å². The molecule has 1 aliphatic rings. The van der Waals surface area contributed by atoms with Crippen LogP contribution >= 0.6 is 69.7 Å². The van der Waals surface area contributed by atoms with Gasteiger partial charge in [0.1, 0.15) is 10.2 Å². The summed E-state index contributed by atoms with van der Waals surface area (Å²) in [6, 6.07) is 6.37. The zero-order chi connectivity index (χ0) is 24.4. The van der Waals surface area contributed by atoms with E-state index >= 15 is 4.39 Å². The van der Waals surface area contributed by atoms with E-state index in [0.717, 1.165) is 23.1 Å². The highest BCUT2D eigenvalue weighted by atomic mass is 35.5. The van der Waals surface area contributed by atoms with Crippen LogP contribution in [-0.2, 0) is 17.9 Å². The summed E-state index contributed by atoms with van der Waals surface area (Å²) in [6.45, 7) is 0.471. The Labute approximate surface area is 223 Å². The average molecular weight is 582 g/mol. The summed E-state index contributed by atoms with van der Waals surface area (Å²) >= 11 is 26.5. The highest BCUT2D eigenvalue weighted by molar-refractivity contribution is 7.99. The summed E-state index contributed by atoms with van der Waals surface area (Å²) in [4.78, 5) is 13.7. The third kappa shape index (κ3) is 5.84. The monoisotopic (exact) mass is 580 g/mol. The Hall–Kier alpha value is -1.46. The molecule has 0 bridgehead atoms. The number of nitrogens with zero attached hydrogens (tertiary/aromatic N) is 3. The van der Waals surface area contributed by atoms with Crippen LogP contribution in [0.25, 0.3) is 5.57 Å². The van der Waals surface area contributed by atoms with Crippen LogP contribution in [0.3, 0.4) is 0 Å². The molecule has 0 aliphatic carbocycles. The smallest absolute Gasteiger partial charge is 0.327 e. The van der Waals surface area contributed by atoms with E-state index in [1.807, 2.05) is 6.07 Å². The standard InChI is InChI=1S/C21H17Cl4FN4O2S2/c1-29(21(31)28-34-18-5-16(24)20(25)33-18)8-17(26)14-10-32-9-12-6-27-30(19(12)14)7-11-2-3-13(22)4-15(11)23/h2-6H,7-10H2,1H3,(H,28,31)/b17-14-. The summed E-state index contributed by atoms with van der Waals surface area (Å²) in [5, 5.41) is 5.84. The van der Waals surface area contributed by atoms with Crippen molar-refractivity contribution in [3.05, 3.63) is 72.5 Å². The van der Waals surface area contributed by atoms with E-state index in [0.29, 0.717) is 48.0 Å². The Balaban J connectivity index is 1.49. The van der Waals surface area contributed by atoms with Crippen LogP contribution in [0.2, 0.25) is 19.4 Å². The van der Waals surface area contributed by atoms with Crippen LogP contribution in [0.15, 0.2) is 40.5 Å². The van der Waals surface area contributed by atoms with E-state index in [2.05, 4.69) is 9.82 Å². The number of benzene rings is 1. The van der Waals surface area contributed by atoms with Crippen molar-refractivity contribution in [2.45, 2.75) is 17.4 Å². The molecule has 0 spiro atoms. The second-order valence-corrected chi connectivity index (χ2v) is 11.4. The molecule has 2 amide bonds. The van der Waals surface area contributed by atoms with Crippen LogP contribution in [0, 0.1) is 0 Å². The first-order chi connectivity index (χ1) is 16.2. The molecule has 0 saturated heterocycles. The fraction of sp³-hybridized carbons (Fsp3) is 0.238. The van der Waals surface area contributed by atoms with E-state index in [1.54, 1.807) is 29.1 Å². The number of halogens is 5. The van der Waals surface area contributed by atoms with Gasteiger partial charge < -0.3 is 9.64 Å². The van der Waals surface area contributed by atoms with E-state index in [4.69, 9.17) is 51.1 Å². The summed E-state index contributed by atoms with van der Waals surface area (Å²) in [7, 11) is 1.50. The van der Waals surface area contributed by atoms with Crippen molar-refractivity contribution in [3.8, 4) is 0 Å². The van der Waals surface area contributed by atoms with E-state index < -0.39 is 11.9 Å². The topological polar surface area (TPSA) is 59.4 Å². The van der Waals surface area contributed by atoms with Crippen LogP contribution in [0.1, 0.15) is 16.8 Å². The van der Waals surface area contributed by atoms with Crippen molar-refractivity contribution in [2.24, 2.45) is 0 Å². The number of hydrogen-bond acceptors (Lipinski definition) is 5. The number of fused-ring (bicyclic) bond motifs is 1. The third-order valence-corrected chi connectivity index (χ3v) is 8.29. The first-order valence-electron chi connectivity index (χ1n) is 9.80. The number of rotatable bonds is 6. The van der Waals surface area contributed by atoms with Gasteiger partial charge in [0.25, 0.3) is 0 Å². The highest BCUT2D eigenvalue weighted by Gasteiger charge is 2.25. The number of nitrogens with one attached hydrogen (secondary N) is 1. The van der Waals surface area contributed by atoms with E-state index in [1.165, 1.54) is 23.3 Å². The maximum absolute atomic E-state index is 15.4. The predicted molar refractivity (Wildman–Crippen MR) is 137 cm³/mol. The average Bonchev–Trinajstić information content (AvgIpc) is 3.36. The third-order valence-electron chi connectivity index (χ3n) is 4.95. The van der Waals surface area contributed by atoms with Gasteiger partial charge in [0.2, 0.25) is 0 Å². The zero-order valence-corrected chi connectivity index (χ0v) is 22.2. The lowest BCUT2D eigenvalue weighted by Gasteiger charge is -2.22. The van der Waals surface area contributed by atoms with Crippen molar-refractivity contribution in [3.63, 3.8) is 0 Å². The van der Waals surface area contributed by atoms with Crippen LogP contribution in [0.5, 0.6) is 0 Å². The molecule has 2 aromatic heterocycles. The lowest BCUT2D eigenvalue weighted by molar-refractivity contribution is 0.144. The molecule has 3 heterocycles. The first kappa shape index (κ1) is 25.6. The Morgan fingerprint density at radius 1 is 1.26 bits per heavy atom. The number of thiophene rings is 1. The van der Waals surface area contributed by atoms with Crippen molar-refractivity contribution < 1.29 is 13.9 Å². The van der Waals surface area contributed by atoms with Crippen molar-refractivity contribution in [1.82, 2.24) is 19.4 Å².